The predicted molar refractivity (Wildman–Crippen MR) is 87.6 cm³/mol. The predicted octanol–water partition coefficient (Wildman–Crippen LogP) is 2.59. The fourth-order valence-electron chi connectivity index (χ4n) is 2.64. The molecule has 1 aromatic heterocycles. The summed E-state index contributed by atoms with van der Waals surface area (Å²) in [5.41, 5.74) is 3.65. The van der Waals surface area contributed by atoms with E-state index in [1.165, 1.54) is 18.2 Å². The Kier molecular flexibility index (Phi) is 4.15. The number of carbonyl (C=O) groups excluding carboxylic acids is 1. The molecule has 2 heterocycles. The summed E-state index contributed by atoms with van der Waals surface area (Å²) in [6.07, 6.45) is 2.95. The van der Waals surface area contributed by atoms with Crippen molar-refractivity contribution in [1.29, 1.82) is 0 Å². The van der Waals surface area contributed by atoms with Gasteiger partial charge in [0.25, 0.3) is 5.91 Å². The van der Waals surface area contributed by atoms with E-state index in [-0.39, 0.29) is 5.91 Å². The van der Waals surface area contributed by atoms with Crippen LogP contribution in [-0.4, -0.2) is 44.0 Å². The SMILES string of the molecule is Cc1cc(N2CCN(C)CC2)ccc1NC(=O)c1ccoc1. The van der Waals surface area contributed by atoms with Gasteiger partial charge in [-0.15, -0.1) is 0 Å². The van der Waals surface area contributed by atoms with Gasteiger partial charge in [0.05, 0.1) is 11.8 Å². The van der Waals surface area contributed by atoms with E-state index in [9.17, 15) is 4.79 Å². The molecule has 22 heavy (non-hydrogen) atoms. The van der Waals surface area contributed by atoms with E-state index in [2.05, 4.69) is 34.3 Å². The van der Waals surface area contributed by atoms with Gasteiger partial charge in [-0.25, -0.2) is 0 Å². The molecule has 5 nitrogen and oxygen atoms in total. The van der Waals surface area contributed by atoms with Crippen LogP contribution < -0.4 is 10.2 Å². The summed E-state index contributed by atoms with van der Waals surface area (Å²) in [6, 6.07) is 7.84. The van der Waals surface area contributed by atoms with Gasteiger partial charge in [0.15, 0.2) is 0 Å². The first-order valence-corrected chi connectivity index (χ1v) is 7.51. The molecule has 116 valence electrons. The van der Waals surface area contributed by atoms with Crippen molar-refractivity contribution in [2.24, 2.45) is 0 Å². The van der Waals surface area contributed by atoms with Gasteiger partial charge in [-0.3, -0.25) is 4.79 Å². The Morgan fingerprint density at radius 2 is 1.95 bits per heavy atom. The Labute approximate surface area is 130 Å². The van der Waals surface area contributed by atoms with Gasteiger partial charge in [-0.2, -0.15) is 0 Å². The van der Waals surface area contributed by atoms with Crippen LogP contribution in [0.3, 0.4) is 0 Å². The average Bonchev–Trinajstić information content (AvgIpc) is 3.04. The van der Waals surface area contributed by atoms with Crippen LogP contribution >= 0.6 is 0 Å². The van der Waals surface area contributed by atoms with Gasteiger partial charge in [-0.1, -0.05) is 0 Å². The van der Waals surface area contributed by atoms with Crippen LogP contribution in [0.25, 0.3) is 0 Å². The minimum absolute atomic E-state index is 0.149. The molecular formula is C17H21N3O2. The fraction of sp³-hybridized carbons (Fsp3) is 0.353. The molecule has 0 spiro atoms. The van der Waals surface area contributed by atoms with Crippen molar-refractivity contribution in [2.45, 2.75) is 6.92 Å². The van der Waals surface area contributed by atoms with Crippen LogP contribution in [0.15, 0.2) is 41.2 Å². The third-order valence-electron chi connectivity index (χ3n) is 4.11. The number of hydrogen-bond acceptors (Lipinski definition) is 4. The maximum atomic E-state index is 12.1. The largest absolute Gasteiger partial charge is 0.472 e. The van der Waals surface area contributed by atoms with Crippen molar-refractivity contribution in [2.75, 3.05) is 43.4 Å². The molecule has 1 fully saturated rings. The molecule has 1 aliphatic heterocycles. The monoisotopic (exact) mass is 299 g/mol. The molecule has 2 aromatic rings. The summed E-state index contributed by atoms with van der Waals surface area (Å²) in [7, 11) is 2.15. The Bertz CT molecular complexity index is 644. The zero-order chi connectivity index (χ0) is 15.5. The van der Waals surface area contributed by atoms with E-state index >= 15 is 0 Å². The number of hydrogen-bond donors (Lipinski definition) is 1. The molecular weight excluding hydrogens is 278 g/mol. The molecule has 1 aromatic carbocycles. The molecule has 0 unspecified atom stereocenters. The van der Waals surface area contributed by atoms with E-state index < -0.39 is 0 Å². The lowest BCUT2D eigenvalue weighted by Crippen LogP contribution is -2.44. The van der Waals surface area contributed by atoms with Crippen molar-refractivity contribution in [3.05, 3.63) is 47.9 Å². The molecule has 0 saturated carbocycles. The minimum Gasteiger partial charge on any atom is -0.472 e. The van der Waals surface area contributed by atoms with E-state index in [4.69, 9.17) is 4.42 Å². The molecule has 3 rings (SSSR count). The molecule has 0 aliphatic carbocycles. The molecule has 1 aliphatic rings. The molecule has 1 saturated heterocycles. The normalized spacial score (nSPS) is 15.8. The Hall–Kier alpha value is -2.27. The first-order valence-electron chi connectivity index (χ1n) is 7.51. The van der Waals surface area contributed by atoms with Crippen LogP contribution in [-0.2, 0) is 0 Å². The molecule has 1 N–H and O–H groups in total. The summed E-state index contributed by atoms with van der Waals surface area (Å²) >= 11 is 0. The highest BCUT2D eigenvalue weighted by Gasteiger charge is 2.15. The summed E-state index contributed by atoms with van der Waals surface area (Å²) < 4.78 is 4.94. The summed E-state index contributed by atoms with van der Waals surface area (Å²) in [5, 5.41) is 2.92. The van der Waals surface area contributed by atoms with Gasteiger partial charge in [-0.05, 0) is 43.8 Å². The van der Waals surface area contributed by atoms with Crippen molar-refractivity contribution < 1.29 is 9.21 Å². The number of benzene rings is 1. The summed E-state index contributed by atoms with van der Waals surface area (Å²) in [6.45, 7) is 6.26. The van der Waals surface area contributed by atoms with Crippen molar-refractivity contribution in [3.63, 3.8) is 0 Å². The third-order valence-corrected chi connectivity index (χ3v) is 4.11. The smallest absolute Gasteiger partial charge is 0.258 e. The molecule has 0 bridgehead atoms. The van der Waals surface area contributed by atoms with Crippen LogP contribution in [0.4, 0.5) is 11.4 Å². The second-order valence-electron chi connectivity index (χ2n) is 5.76. The zero-order valence-corrected chi connectivity index (χ0v) is 13.0. The maximum absolute atomic E-state index is 12.1. The van der Waals surface area contributed by atoms with Crippen LogP contribution in [0, 0.1) is 6.92 Å². The van der Waals surface area contributed by atoms with Gasteiger partial charge in [0, 0.05) is 37.6 Å². The number of furan rings is 1. The fourth-order valence-corrected chi connectivity index (χ4v) is 2.64. The topological polar surface area (TPSA) is 48.7 Å². The van der Waals surface area contributed by atoms with Crippen molar-refractivity contribution in [3.8, 4) is 0 Å². The first-order chi connectivity index (χ1) is 10.6. The van der Waals surface area contributed by atoms with Gasteiger partial charge in [0.2, 0.25) is 0 Å². The number of rotatable bonds is 3. The number of likely N-dealkylation sites (N-methyl/N-ethyl adjacent to an activating group) is 1. The highest BCUT2D eigenvalue weighted by molar-refractivity contribution is 6.04. The molecule has 5 heteroatoms. The van der Waals surface area contributed by atoms with Crippen LogP contribution in [0.2, 0.25) is 0 Å². The third kappa shape index (κ3) is 3.14. The van der Waals surface area contributed by atoms with Crippen LogP contribution in [0.1, 0.15) is 15.9 Å². The highest BCUT2D eigenvalue weighted by Crippen LogP contribution is 2.24. The molecule has 0 radical (unpaired) electrons. The number of anilines is 2. The second kappa shape index (κ2) is 6.23. The minimum atomic E-state index is -0.149. The second-order valence-corrected chi connectivity index (χ2v) is 5.76. The average molecular weight is 299 g/mol. The molecule has 0 atom stereocenters. The number of piperazine rings is 1. The Morgan fingerprint density at radius 1 is 1.18 bits per heavy atom. The number of nitrogens with one attached hydrogen (secondary N) is 1. The maximum Gasteiger partial charge on any atom is 0.258 e. The van der Waals surface area contributed by atoms with Crippen molar-refractivity contribution >= 4 is 17.3 Å². The van der Waals surface area contributed by atoms with Gasteiger partial charge < -0.3 is 19.5 Å². The number of aryl methyl sites for hydroxylation is 1. The molecule has 1 amide bonds. The highest BCUT2D eigenvalue weighted by atomic mass is 16.3. The lowest BCUT2D eigenvalue weighted by atomic mass is 10.1. The zero-order valence-electron chi connectivity index (χ0n) is 13.0. The van der Waals surface area contributed by atoms with E-state index in [0.717, 1.165) is 37.4 Å². The van der Waals surface area contributed by atoms with E-state index in [1.54, 1.807) is 6.07 Å². The van der Waals surface area contributed by atoms with Crippen LogP contribution in [0.5, 0.6) is 0 Å². The number of nitrogens with zero attached hydrogens (tertiary/aromatic N) is 2. The van der Waals surface area contributed by atoms with E-state index in [1.807, 2.05) is 13.0 Å². The standard InChI is InChI=1S/C17H21N3O2/c1-13-11-15(20-8-6-19(2)7-9-20)3-4-16(13)18-17(21)14-5-10-22-12-14/h3-5,10-12H,6-9H2,1-2H3,(H,18,21). The number of amides is 1. The Morgan fingerprint density at radius 3 is 2.59 bits per heavy atom. The van der Waals surface area contributed by atoms with Gasteiger partial charge >= 0.3 is 0 Å². The Balaban J connectivity index is 1.71. The summed E-state index contributed by atoms with van der Waals surface area (Å²) in [5.74, 6) is -0.149. The van der Waals surface area contributed by atoms with Gasteiger partial charge in [0.1, 0.15) is 6.26 Å². The summed E-state index contributed by atoms with van der Waals surface area (Å²) in [4.78, 5) is 16.8. The first kappa shape index (κ1) is 14.7. The van der Waals surface area contributed by atoms with Crippen molar-refractivity contribution in [1.82, 2.24) is 4.90 Å². The van der Waals surface area contributed by atoms with E-state index in [0.29, 0.717) is 5.56 Å². The lowest BCUT2D eigenvalue weighted by Gasteiger charge is -2.34. The lowest BCUT2D eigenvalue weighted by molar-refractivity contribution is 0.102. The number of carbonyl (C=O) groups is 1. The quantitative estimate of drug-likeness (QED) is 0.946.